The lowest BCUT2D eigenvalue weighted by molar-refractivity contribution is 0.280. The zero-order valence-electron chi connectivity index (χ0n) is 20.7. The number of hydrogen-bond donors (Lipinski definition) is 1. The fourth-order valence-corrected chi connectivity index (χ4v) is 4.94. The summed E-state index contributed by atoms with van der Waals surface area (Å²) in [6.07, 6.45) is 12.5. The first-order valence-electron chi connectivity index (χ1n) is 12.7. The number of piperidine rings is 1. The standard InChI is InChI=1S/C27H37N7/c1-20(34-19-27(30-31-34)23-14-26(32(2)3)17-28-16-23)22-9-11-25(12-10-22)33-13-5-8-24(18-33)29-15-21-6-4-7-21/h9-12,14,16-17,19-21,24,29H,4-8,13,15,18H2,1-3H3/t20?,24-/m1/s1. The Morgan fingerprint density at radius 1 is 1.09 bits per heavy atom. The second-order valence-corrected chi connectivity index (χ2v) is 10.2. The number of pyridine rings is 1. The number of anilines is 2. The van der Waals surface area contributed by atoms with Gasteiger partial charge in [0.05, 0.1) is 24.1 Å². The van der Waals surface area contributed by atoms with Gasteiger partial charge < -0.3 is 15.1 Å². The van der Waals surface area contributed by atoms with Crippen LogP contribution in [0.3, 0.4) is 0 Å². The van der Waals surface area contributed by atoms with Crippen molar-refractivity contribution < 1.29 is 0 Å². The highest BCUT2D eigenvalue weighted by Crippen LogP contribution is 2.28. The summed E-state index contributed by atoms with van der Waals surface area (Å²) >= 11 is 0. The first-order chi connectivity index (χ1) is 16.6. The first kappa shape index (κ1) is 22.8. The molecule has 1 aliphatic heterocycles. The summed E-state index contributed by atoms with van der Waals surface area (Å²) in [4.78, 5) is 8.93. The molecule has 0 spiro atoms. The van der Waals surface area contributed by atoms with Crippen molar-refractivity contribution >= 4 is 11.4 Å². The molecule has 2 fully saturated rings. The minimum Gasteiger partial charge on any atom is -0.376 e. The zero-order chi connectivity index (χ0) is 23.5. The van der Waals surface area contributed by atoms with Crippen molar-refractivity contribution in [3.8, 4) is 11.3 Å². The van der Waals surface area contributed by atoms with E-state index >= 15 is 0 Å². The van der Waals surface area contributed by atoms with Crippen molar-refractivity contribution in [3.05, 3.63) is 54.5 Å². The van der Waals surface area contributed by atoms with Crippen molar-refractivity contribution in [1.82, 2.24) is 25.3 Å². The van der Waals surface area contributed by atoms with E-state index < -0.39 is 0 Å². The molecular weight excluding hydrogens is 422 g/mol. The normalized spacial score (nSPS) is 19.6. The second-order valence-electron chi connectivity index (χ2n) is 10.2. The molecule has 3 heterocycles. The largest absolute Gasteiger partial charge is 0.376 e. The highest BCUT2D eigenvalue weighted by Gasteiger charge is 2.23. The quantitative estimate of drug-likeness (QED) is 0.540. The van der Waals surface area contributed by atoms with Crippen molar-refractivity contribution in [2.75, 3.05) is 43.5 Å². The van der Waals surface area contributed by atoms with Crippen LogP contribution >= 0.6 is 0 Å². The summed E-state index contributed by atoms with van der Waals surface area (Å²) in [5.41, 5.74) is 5.42. The molecule has 7 nitrogen and oxygen atoms in total. The molecule has 1 saturated heterocycles. The lowest BCUT2D eigenvalue weighted by atomic mass is 9.85. The molecule has 1 unspecified atom stereocenters. The van der Waals surface area contributed by atoms with Crippen LogP contribution in [0.15, 0.2) is 48.9 Å². The Morgan fingerprint density at radius 3 is 2.65 bits per heavy atom. The molecule has 0 bridgehead atoms. The van der Waals surface area contributed by atoms with Crippen LogP contribution in [0.1, 0.15) is 50.6 Å². The first-order valence-corrected chi connectivity index (χ1v) is 12.7. The van der Waals surface area contributed by atoms with E-state index in [1.165, 1.54) is 49.9 Å². The molecule has 2 aliphatic rings. The maximum atomic E-state index is 4.42. The Morgan fingerprint density at radius 2 is 1.91 bits per heavy atom. The van der Waals surface area contributed by atoms with E-state index in [1.807, 2.05) is 42.3 Å². The maximum absolute atomic E-state index is 4.42. The van der Waals surface area contributed by atoms with Gasteiger partial charge in [0, 0.05) is 50.7 Å². The molecule has 1 N–H and O–H groups in total. The molecule has 180 valence electrons. The predicted molar refractivity (Wildman–Crippen MR) is 138 cm³/mol. The fourth-order valence-electron chi connectivity index (χ4n) is 4.94. The molecule has 1 aromatic carbocycles. The monoisotopic (exact) mass is 459 g/mol. The van der Waals surface area contributed by atoms with E-state index in [0.29, 0.717) is 6.04 Å². The zero-order valence-corrected chi connectivity index (χ0v) is 20.7. The highest BCUT2D eigenvalue weighted by atomic mass is 15.4. The molecule has 0 amide bonds. The van der Waals surface area contributed by atoms with Crippen molar-refractivity contribution in [1.29, 1.82) is 0 Å². The highest BCUT2D eigenvalue weighted by molar-refractivity contribution is 5.62. The SMILES string of the molecule is CC(c1ccc(N2CCC[C@@H](NCC3CCC3)C2)cc1)n1cc(-c2cncc(N(C)C)c2)nn1. The summed E-state index contributed by atoms with van der Waals surface area (Å²) in [5.74, 6) is 0.918. The number of nitrogens with one attached hydrogen (secondary N) is 1. The number of hydrogen-bond acceptors (Lipinski definition) is 6. The van der Waals surface area contributed by atoms with Gasteiger partial charge in [0.1, 0.15) is 5.69 Å². The van der Waals surface area contributed by atoms with E-state index in [-0.39, 0.29) is 6.04 Å². The maximum Gasteiger partial charge on any atom is 0.114 e. The molecule has 0 radical (unpaired) electrons. The summed E-state index contributed by atoms with van der Waals surface area (Å²) in [5, 5.41) is 12.7. The van der Waals surface area contributed by atoms with Gasteiger partial charge in [-0.2, -0.15) is 0 Å². The third kappa shape index (κ3) is 5.09. The van der Waals surface area contributed by atoms with Crippen molar-refractivity contribution in [2.24, 2.45) is 5.92 Å². The summed E-state index contributed by atoms with van der Waals surface area (Å²) in [6.45, 7) is 5.62. The van der Waals surface area contributed by atoms with E-state index in [0.717, 1.165) is 36.0 Å². The van der Waals surface area contributed by atoms with Gasteiger partial charge in [-0.1, -0.05) is 23.8 Å². The Labute approximate surface area is 203 Å². The molecule has 3 aromatic rings. The van der Waals surface area contributed by atoms with Crippen molar-refractivity contribution in [2.45, 2.75) is 51.1 Å². The van der Waals surface area contributed by atoms with Crippen molar-refractivity contribution in [3.63, 3.8) is 0 Å². The van der Waals surface area contributed by atoms with Crippen LogP contribution in [0.4, 0.5) is 11.4 Å². The number of aromatic nitrogens is 4. The molecule has 34 heavy (non-hydrogen) atoms. The Bertz CT molecular complexity index is 1070. The van der Waals surface area contributed by atoms with Gasteiger partial charge in [-0.05, 0) is 68.8 Å². The van der Waals surface area contributed by atoms with Crippen LogP contribution in [0.25, 0.3) is 11.3 Å². The summed E-state index contributed by atoms with van der Waals surface area (Å²) < 4.78 is 1.94. The van der Waals surface area contributed by atoms with Gasteiger partial charge in [-0.25, -0.2) is 4.68 Å². The average molecular weight is 460 g/mol. The van der Waals surface area contributed by atoms with Gasteiger partial charge in [0.25, 0.3) is 0 Å². The van der Waals surface area contributed by atoms with E-state index in [1.54, 1.807) is 0 Å². The molecule has 2 aromatic heterocycles. The fraction of sp³-hybridized carbons (Fsp3) is 0.519. The molecule has 1 aliphatic carbocycles. The lowest BCUT2D eigenvalue weighted by Gasteiger charge is -2.36. The third-order valence-electron chi connectivity index (χ3n) is 7.53. The smallest absolute Gasteiger partial charge is 0.114 e. The van der Waals surface area contributed by atoms with Gasteiger partial charge in [-0.3, -0.25) is 4.98 Å². The minimum absolute atomic E-state index is 0.110. The van der Waals surface area contributed by atoms with E-state index in [9.17, 15) is 0 Å². The van der Waals surface area contributed by atoms with E-state index in [2.05, 4.69) is 62.8 Å². The Kier molecular flexibility index (Phi) is 6.81. The molecule has 5 rings (SSSR count). The van der Waals surface area contributed by atoms with Crippen LogP contribution in [0.5, 0.6) is 0 Å². The van der Waals surface area contributed by atoms with Crippen LogP contribution < -0.4 is 15.1 Å². The van der Waals surface area contributed by atoms with Gasteiger partial charge >= 0.3 is 0 Å². The second kappa shape index (κ2) is 10.1. The summed E-state index contributed by atoms with van der Waals surface area (Å²) in [7, 11) is 4.03. The van der Waals surface area contributed by atoms with Crippen LogP contribution in [0.2, 0.25) is 0 Å². The average Bonchev–Trinajstić information content (AvgIpc) is 3.33. The van der Waals surface area contributed by atoms with Crippen LogP contribution in [0, 0.1) is 5.92 Å². The van der Waals surface area contributed by atoms with Gasteiger partial charge in [0.2, 0.25) is 0 Å². The lowest BCUT2D eigenvalue weighted by Crippen LogP contribution is -2.47. The molecule has 1 saturated carbocycles. The Hall–Kier alpha value is -2.93. The Balaban J connectivity index is 1.22. The van der Waals surface area contributed by atoms with Crippen LogP contribution in [-0.2, 0) is 0 Å². The van der Waals surface area contributed by atoms with Crippen LogP contribution in [-0.4, -0.2) is 59.7 Å². The minimum atomic E-state index is 0.110. The van der Waals surface area contributed by atoms with E-state index in [4.69, 9.17) is 0 Å². The molecule has 7 heteroatoms. The number of rotatable bonds is 8. The number of nitrogens with zero attached hydrogens (tertiary/aromatic N) is 6. The number of benzene rings is 1. The topological polar surface area (TPSA) is 62.1 Å². The van der Waals surface area contributed by atoms with Gasteiger partial charge in [-0.15, -0.1) is 5.10 Å². The molecule has 2 atom stereocenters. The molecular formula is C27H37N7. The third-order valence-corrected chi connectivity index (χ3v) is 7.53. The summed E-state index contributed by atoms with van der Waals surface area (Å²) in [6, 6.07) is 11.8. The van der Waals surface area contributed by atoms with Gasteiger partial charge in [0.15, 0.2) is 0 Å². The predicted octanol–water partition coefficient (Wildman–Crippen LogP) is 4.37.